The number of pyridine rings is 1. The standard InChI is InChI=1S/C22H24N2O4/c1-5-27-15-8-9-18-16(12-15)21(17(13-23-18)22(25)28-6-2)24-19-11-14(3)7-10-20(19)26-4/h7-13H,5-6H2,1-4H3,(H,23,24). The van der Waals surface area contributed by atoms with Crippen molar-refractivity contribution in [2.45, 2.75) is 20.8 Å². The quantitative estimate of drug-likeness (QED) is 0.590. The van der Waals surface area contributed by atoms with E-state index in [1.165, 1.54) is 6.20 Å². The molecule has 1 aromatic heterocycles. The summed E-state index contributed by atoms with van der Waals surface area (Å²) in [6.45, 7) is 6.52. The molecule has 0 radical (unpaired) electrons. The van der Waals surface area contributed by atoms with Gasteiger partial charge in [-0.25, -0.2) is 4.79 Å². The van der Waals surface area contributed by atoms with Crippen LogP contribution in [-0.2, 0) is 4.74 Å². The maximum atomic E-state index is 12.6. The SMILES string of the molecule is CCOC(=O)c1cnc2ccc(OCC)cc2c1Nc1cc(C)ccc1OC. The molecular weight excluding hydrogens is 356 g/mol. The van der Waals surface area contributed by atoms with Crippen molar-refractivity contribution in [2.24, 2.45) is 0 Å². The number of rotatable bonds is 7. The summed E-state index contributed by atoms with van der Waals surface area (Å²) >= 11 is 0. The first kappa shape index (κ1) is 19.5. The lowest BCUT2D eigenvalue weighted by Gasteiger charge is -2.17. The fourth-order valence-electron chi connectivity index (χ4n) is 2.98. The first-order chi connectivity index (χ1) is 13.6. The molecule has 0 aliphatic carbocycles. The van der Waals surface area contributed by atoms with Crippen LogP contribution in [0.5, 0.6) is 11.5 Å². The van der Waals surface area contributed by atoms with E-state index in [1.54, 1.807) is 14.0 Å². The molecule has 3 rings (SSSR count). The van der Waals surface area contributed by atoms with Crippen LogP contribution in [-0.4, -0.2) is 31.3 Å². The highest BCUT2D eigenvalue weighted by Crippen LogP contribution is 2.35. The molecule has 6 heteroatoms. The predicted molar refractivity (Wildman–Crippen MR) is 110 cm³/mol. The van der Waals surface area contributed by atoms with Crippen LogP contribution >= 0.6 is 0 Å². The molecule has 1 heterocycles. The summed E-state index contributed by atoms with van der Waals surface area (Å²) in [5, 5.41) is 4.13. The number of hydrogen-bond acceptors (Lipinski definition) is 6. The average molecular weight is 380 g/mol. The number of carbonyl (C=O) groups is 1. The van der Waals surface area contributed by atoms with Gasteiger partial charge in [0.1, 0.15) is 17.1 Å². The Morgan fingerprint density at radius 3 is 2.64 bits per heavy atom. The van der Waals surface area contributed by atoms with Crippen LogP contribution in [0.15, 0.2) is 42.6 Å². The number of anilines is 2. The van der Waals surface area contributed by atoms with Gasteiger partial charge in [-0.15, -0.1) is 0 Å². The van der Waals surface area contributed by atoms with Gasteiger partial charge in [-0.2, -0.15) is 0 Å². The molecule has 2 aromatic carbocycles. The zero-order valence-electron chi connectivity index (χ0n) is 16.5. The van der Waals surface area contributed by atoms with E-state index >= 15 is 0 Å². The summed E-state index contributed by atoms with van der Waals surface area (Å²) in [5.74, 6) is 0.941. The predicted octanol–water partition coefficient (Wildman–Crippen LogP) is 4.87. The molecular formula is C22H24N2O4. The van der Waals surface area contributed by atoms with Crippen LogP contribution in [0.4, 0.5) is 11.4 Å². The molecule has 28 heavy (non-hydrogen) atoms. The van der Waals surface area contributed by atoms with Crippen molar-refractivity contribution in [1.29, 1.82) is 0 Å². The minimum absolute atomic E-state index is 0.281. The number of methoxy groups -OCH3 is 1. The third-order valence-electron chi connectivity index (χ3n) is 4.26. The number of aryl methyl sites for hydroxylation is 1. The lowest BCUT2D eigenvalue weighted by Crippen LogP contribution is -2.10. The Kier molecular flexibility index (Phi) is 5.99. The highest BCUT2D eigenvalue weighted by molar-refractivity contribution is 6.06. The van der Waals surface area contributed by atoms with Crippen LogP contribution in [0.3, 0.4) is 0 Å². The van der Waals surface area contributed by atoms with Crippen LogP contribution in [0.25, 0.3) is 10.9 Å². The Bertz CT molecular complexity index is 1000. The van der Waals surface area contributed by atoms with Gasteiger partial charge in [0, 0.05) is 11.6 Å². The molecule has 0 unspecified atom stereocenters. The highest BCUT2D eigenvalue weighted by Gasteiger charge is 2.19. The molecule has 0 bridgehead atoms. The van der Waals surface area contributed by atoms with Crippen molar-refractivity contribution in [1.82, 2.24) is 4.98 Å². The first-order valence-corrected chi connectivity index (χ1v) is 9.21. The second kappa shape index (κ2) is 8.61. The molecule has 0 atom stereocenters. The number of nitrogens with zero attached hydrogens (tertiary/aromatic N) is 1. The maximum Gasteiger partial charge on any atom is 0.341 e. The summed E-state index contributed by atoms with van der Waals surface area (Å²) in [6, 6.07) is 11.4. The van der Waals surface area contributed by atoms with E-state index in [2.05, 4.69) is 10.3 Å². The van der Waals surface area contributed by atoms with Gasteiger partial charge < -0.3 is 19.5 Å². The first-order valence-electron chi connectivity index (χ1n) is 9.21. The third kappa shape index (κ3) is 4.01. The van der Waals surface area contributed by atoms with Gasteiger partial charge in [-0.05, 0) is 56.7 Å². The number of hydrogen-bond donors (Lipinski definition) is 1. The van der Waals surface area contributed by atoms with E-state index in [9.17, 15) is 4.79 Å². The summed E-state index contributed by atoms with van der Waals surface area (Å²) in [7, 11) is 1.61. The third-order valence-corrected chi connectivity index (χ3v) is 4.26. The van der Waals surface area contributed by atoms with Crippen LogP contribution in [0.2, 0.25) is 0 Å². The molecule has 0 amide bonds. The molecule has 0 aliphatic rings. The highest BCUT2D eigenvalue weighted by atomic mass is 16.5. The number of ether oxygens (including phenoxy) is 3. The Labute approximate surface area is 164 Å². The van der Waals surface area contributed by atoms with E-state index < -0.39 is 5.97 Å². The maximum absolute atomic E-state index is 12.6. The minimum atomic E-state index is -0.437. The number of aromatic nitrogens is 1. The number of fused-ring (bicyclic) bond motifs is 1. The van der Waals surface area contributed by atoms with Gasteiger partial charge >= 0.3 is 5.97 Å². The molecule has 0 spiro atoms. The van der Waals surface area contributed by atoms with Crippen LogP contribution < -0.4 is 14.8 Å². The van der Waals surface area contributed by atoms with Gasteiger partial charge in [0.25, 0.3) is 0 Å². The zero-order chi connectivity index (χ0) is 20.1. The van der Waals surface area contributed by atoms with Gasteiger partial charge in [0.15, 0.2) is 0 Å². The number of carbonyl (C=O) groups excluding carboxylic acids is 1. The Morgan fingerprint density at radius 1 is 1.11 bits per heavy atom. The normalized spacial score (nSPS) is 10.6. The molecule has 0 saturated carbocycles. The second-order valence-corrected chi connectivity index (χ2v) is 6.21. The van der Waals surface area contributed by atoms with E-state index in [0.29, 0.717) is 29.4 Å². The van der Waals surface area contributed by atoms with Crippen LogP contribution in [0, 0.1) is 6.92 Å². The van der Waals surface area contributed by atoms with Crippen LogP contribution in [0.1, 0.15) is 29.8 Å². The van der Waals surface area contributed by atoms with Crippen molar-refractivity contribution in [3.8, 4) is 11.5 Å². The Hall–Kier alpha value is -3.28. The molecule has 146 valence electrons. The molecule has 0 saturated heterocycles. The Morgan fingerprint density at radius 2 is 1.93 bits per heavy atom. The molecule has 0 aliphatic heterocycles. The van der Waals surface area contributed by atoms with Gasteiger partial charge in [0.05, 0.1) is 37.2 Å². The fraction of sp³-hybridized carbons (Fsp3) is 0.273. The van der Waals surface area contributed by atoms with Gasteiger partial charge in [-0.1, -0.05) is 6.07 Å². The minimum Gasteiger partial charge on any atom is -0.495 e. The largest absolute Gasteiger partial charge is 0.495 e. The number of esters is 1. The Balaban J connectivity index is 2.21. The molecule has 0 fully saturated rings. The fourth-order valence-corrected chi connectivity index (χ4v) is 2.98. The summed E-state index contributed by atoms with van der Waals surface area (Å²) < 4.78 is 16.3. The van der Waals surface area contributed by atoms with Crippen molar-refractivity contribution in [2.75, 3.05) is 25.6 Å². The number of benzene rings is 2. The van der Waals surface area contributed by atoms with Gasteiger partial charge in [-0.3, -0.25) is 4.98 Å². The molecule has 6 nitrogen and oxygen atoms in total. The summed E-state index contributed by atoms with van der Waals surface area (Å²) in [6.07, 6.45) is 1.53. The second-order valence-electron chi connectivity index (χ2n) is 6.21. The van der Waals surface area contributed by atoms with E-state index in [4.69, 9.17) is 14.2 Å². The van der Waals surface area contributed by atoms with Crippen molar-refractivity contribution in [3.05, 3.63) is 53.7 Å². The van der Waals surface area contributed by atoms with Crippen molar-refractivity contribution < 1.29 is 19.0 Å². The van der Waals surface area contributed by atoms with Crippen molar-refractivity contribution in [3.63, 3.8) is 0 Å². The number of nitrogens with one attached hydrogen (secondary N) is 1. The summed E-state index contributed by atoms with van der Waals surface area (Å²) in [5.41, 5.74) is 3.52. The monoisotopic (exact) mass is 380 g/mol. The van der Waals surface area contributed by atoms with E-state index in [0.717, 1.165) is 22.2 Å². The van der Waals surface area contributed by atoms with Gasteiger partial charge in [0.2, 0.25) is 0 Å². The van der Waals surface area contributed by atoms with E-state index in [1.807, 2.05) is 50.2 Å². The lowest BCUT2D eigenvalue weighted by atomic mass is 10.1. The lowest BCUT2D eigenvalue weighted by molar-refractivity contribution is 0.0527. The zero-order valence-corrected chi connectivity index (χ0v) is 16.5. The van der Waals surface area contributed by atoms with E-state index in [-0.39, 0.29) is 6.61 Å². The molecule has 3 aromatic rings. The molecule has 1 N–H and O–H groups in total. The summed E-state index contributed by atoms with van der Waals surface area (Å²) in [4.78, 5) is 17.0. The topological polar surface area (TPSA) is 69.7 Å². The van der Waals surface area contributed by atoms with Crippen molar-refractivity contribution >= 4 is 28.2 Å². The smallest absolute Gasteiger partial charge is 0.341 e. The average Bonchev–Trinajstić information content (AvgIpc) is 2.69.